The van der Waals surface area contributed by atoms with E-state index in [0.29, 0.717) is 5.56 Å². The zero-order chi connectivity index (χ0) is 19.2. The zero-order valence-electron chi connectivity index (χ0n) is 14.7. The molecule has 1 heterocycles. The van der Waals surface area contributed by atoms with Gasteiger partial charge in [-0.05, 0) is 30.7 Å². The van der Waals surface area contributed by atoms with Crippen molar-refractivity contribution in [1.29, 1.82) is 0 Å². The van der Waals surface area contributed by atoms with Crippen molar-refractivity contribution >= 4 is 5.91 Å². The van der Waals surface area contributed by atoms with Crippen molar-refractivity contribution in [1.82, 2.24) is 10.3 Å². The molecule has 4 nitrogen and oxygen atoms in total. The van der Waals surface area contributed by atoms with Crippen LogP contribution in [-0.4, -0.2) is 10.9 Å². The lowest BCUT2D eigenvalue weighted by atomic mass is 10.0. The van der Waals surface area contributed by atoms with E-state index in [-0.39, 0.29) is 30.0 Å². The molecule has 0 bridgehead atoms. The number of hydrogen-bond donors (Lipinski definition) is 1. The van der Waals surface area contributed by atoms with E-state index in [1.54, 1.807) is 12.1 Å². The van der Waals surface area contributed by atoms with Gasteiger partial charge in [-0.2, -0.15) is 0 Å². The summed E-state index contributed by atoms with van der Waals surface area (Å²) in [5.74, 6) is -1.97. The number of carbonyl (C=O) groups is 1. The van der Waals surface area contributed by atoms with Gasteiger partial charge in [0, 0.05) is 24.4 Å². The van der Waals surface area contributed by atoms with E-state index in [1.807, 2.05) is 37.3 Å². The second-order valence-corrected chi connectivity index (χ2v) is 5.99. The van der Waals surface area contributed by atoms with Crippen molar-refractivity contribution in [3.8, 4) is 11.6 Å². The van der Waals surface area contributed by atoms with Crippen LogP contribution >= 0.6 is 0 Å². The number of pyridine rings is 1. The molecule has 1 unspecified atom stereocenters. The third-order valence-corrected chi connectivity index (χ3v) is 4.10. The summed E-state index contributed by atoms with van der Waals surface area (Å²) in [5.41, 5.74) is 1.49. The molecule has 6 heteroatoms. The Morgan fingerprint density at radius 1 is 1.11 bits per heavy atom. The molecule has 3 rings (SSSR count). The van der Waals surface area contributed by atoms with Crippen LogP contribution in [0.3, 0.4) is 0 Å². The fourth-order valence-corrected chi connectivity index (χ4v) is 2.54. The second kappa shape index (κ2) is 8.40. The maximum atomic E-state index is 13.8. The molecule has 1 aromatic heterocycles. The Balaban J connectivity index is 1.70. The Bertz CT molecular complexity index is 932. The van der Waals surface area contributed by atoms with Crippen LogP contribution in [0.2, 0.25) is 0 Å². The molecule has 138 valence electrons. The number of nitrogens with zero attached hydrogens (tertiary/aromatic N) is 1. The molecule has 0 aliphatic carbocycles. The summed E-state index contributed by atoms with van der Waals surface area (Å²) in [6, 6.07) is 15.9. The summed E-state index contributed by atoms with van der Waals surface area (Å²) in [5, 5.41) is 2.83. The van der Waals surface area contributed by atoms with Gasteiger partial charge in [0.15, 0.2) is 11.6 Å². The highest BCUT2D eigenvalue weighted by Crippen LogP contribution is 2.26. The molecule has 0 aliphatic rings. The SMILES string of the molecule is CC(C(=O)NCc1cccnc1Oc1ccc(F)cc1F)c1ccccc1. The van der Waals surface area contributed by atoms with Gasteiger partial charge in [-0.3, -0.25) is 4.79 Å². The summed E-state index contributed by atoms with van der Waals surface area (Å²) in [6.07, 6.45) is 1.49. The Kier molecular flexibility index (Phi) is 5.76. The van der Waals surface area contributed by atoms with Crippen LogP contribution in [0, 0.1) is 11.6 Å². The summed E-state index contributed by atoms with van der Waals surface area (Å²) in [6.45, 7) is 1.99. The van der Waals surface area contributed by atoms with Gasteiger partial charge in [0.25, 0.3) is 0 Å². The minimum atomic E-state index is -0.826. The normalized spacial score (nSPS) is 11.7. The molecule has 0 saturated carbocycles. The Labute approximate surface area is 155 Å². The highest BCUT2D eigenvalue weighted by Gasteiger charge is 2.16. The average Bonchev–Trinajstić information content (AvgIpc) is 2.69. The highest BCUT2D eigenvalue weighted by molar-refractivity contribution is 5.83. The van der Waals surface area contributed by atoms with Gasteiger partial charge < -0.3 is 10.1 Å². The van der Waals surface area contributed by atoms with Gasteiger partial charge in [0.05, 0.1) is 5.92 Å². The highest BCUT2D eigenvalue weighted by atomic mass is 19.1. The van der Waals surface area contributed by atoms with Gasteiger partial charge in [-0.15, -0.1) is 0 Å². The summed E-state index contributed by atoms with van der Waals surface area (Å²) < 4.78 is 32.3. The van der Waals surface area contributed by atoms with E-state index in [4.69, 9.17) is 4.74 Å². The number of hydrogen-bond acceptors (Lipinski definition) is 3. The number of ether oxygens (including phenoxy) is 1. The lowest BCUT2D eigenvalue weighted by Crippen LogP contribution is -2.27. The van der Waals surface area contributed by atoms with E-state index >= 15 is 0 Å². The number of carbonyl (C=O) groups excluding carboxylic acids is 1. The predicted molar refractivity (Wildman–Crippen MR) is 97.4 cm³/mol. The zero-order valence-corrected chi connectivity index (χ0v) is 14.7. The Hall–Kier alpha value is -3.28. The minimum Gasteiger partial charge on any atom is -0.436 e. The molecule has 1 atom stereocenters. The predicted octanol–water partition coefficient (Wildman–Crippen LogP) is 4.57. The van der Waals surface area contributed by atoms with Gasteiger partial charge in [-0.1, -0.05) is 36.4 Å². The van der Waals surface area contributed by atoms with Crippen molar-refractivity contribution < 1.29 is 18.3 Å². The summed E-state index contributed by atoms with van der Waals surface area (Å²) in [7, 11) is 0. The van der Waals surface area contributed by atoms with Crippen molar-refractivity contribution in [3.05, 3.63) is 89.6 Å². The first-order valence-corrected chi connectivity index (χ1v) is 8.44. The van der Waals surface area contributed by atoms with Crippen molar-refractivity contribution in [2.24, 2.45) is 0 Å². The third kappa shape index (κ3) is 4.67. The number of amides is 1. The van der Waals surface area contributed by atoms with Crippen LogP contribution in [0.5, 0.6) is 11.6 Å². The van der Waals surface area contributed by atoms with Crippen LogP contribution in [0.1, 0.15) is 24.0 Å². The monoisotopic (exact) mass is 368 g/mol. The first-order chi connectivity index (χ1) is 13.0. The quantitative estimate of drug-likeness (QED) is 0.693. The fraction of sp³-hybridized carbons (Fsp3) is 0.143. The lowest BCUT2D eigenvalue weighted by molar-refractivity contribution is -0.122. The summed E-state index contributed by atoms with van der Waals surface area (Å²) in [4.78, 5) is 16.5. The van der Waals surface area contributed by atoms with E-state index in [1.165, 1.54) is 12.3 Å². The van der Waals surface area contributed by atoms with E-state index in [2.05, 4.69) is 10.3 Å². The molecular weight excluding hydrogens is 350 g/mol. The van der Waals surface area contributed by atoms with Crippen molar-refractivity contribution in [2.75, 3.05) is 0 Å². The Morgan fingerprint density at radius 3 is 2.63 bits per heavy atom. The molecule has 0 saturated heterocycles. The Morgan fingerprint density at radius 2 is 1.89 bits per heavy atom. The van der Waals surface area contributed by atoms with Crippen molar-refractivity contribution in [3.63, 3.8) is 0 Å². The molecule has 2 aromatic carbocycles. The smallest absolute Gasteiger partial charge is 0.227 e. The van der Waals surface area contributed by atoms with E-state index in [9.17, 15) is 13.6 Å². The molecule has 1 amide bonds. The molecule has 27 heavy (non-hydrogen) atoms. The number of aromatic nitrogens is 1. The molecule has 0 spiro atoms. The van der Waals surface area contributed by atoms with Crippen LogP contribution < -0.4 is 10.1 Å². The third-order valence-electron chi connectivity index (χ3n) is 4.10. The topological polar surface area (TPSA) is 51.2 Å². The standard InChI is InChI=1S/C21H18F2N2O2/c1-14(15-6-3-2-4-7-15)20(26)25-13-16-8-5-11-24-21(16)27-19-10-9-17(22)12-18(19)23/h2-12,14H,13H2,1H3,(H,25,26). The number of rotatable bonds is 6. The lowest BCUT2D eigenvalue weighted by Gasteiger charge is -2.14. The number of halogens is 2. The fourth-order valence-electron chi connectivity index (χ4n) is 2.54. The summed E-state index contributed by atoms with van der Waals surface area (Å²) >= 11 is 0. The minimum absolute atomic E-state index is 0.139. The van der Waals surface area contributed by atoms with Crippen LogP contribution in [0.15, 0.2) is 66.9 Å². The molecular formula is C21H18F2N2O2. The second-order valence-electron chi connectivity index (χ2n) is 5.99. The van der Waals surface area contributed by atoms with Crippen LogP contribution in [0.4, 0.5) is 8.78 Å². The molecule has 3 aromatic rings. The van der Waals surface area contributed by atoms with Gasteiger partial charge in [0.1, 0.15) is 5.82 Å². The van der Waals surface area contributed by atoms with Gasteiger partial charge >= 0.3 is 0 Å². The van der Waals surface area contributed by atoms with Crippen molar-refractivity contribution in [2.45, 2.75) is 19.4 Å². The van der Waals surface area contributed by atoms with E-state index < -0.39 is 11.6 Å². The number of nitrogens with one attached hydrogen (secondary N) is 1. The maximum Gasteiger partial charge on any atom is 0.227 e. The molecule has 0 aliphatic heterocycles. The van der Waals surface area contributed by atoms with E-state index in [0.717, 1.165) is 17.7 Å². The molecule has 1 N–H and O–H groups in total. The first-order valence-electron chi connectivity index (χ1n) is 8.44. The maximum absolute atomic E-state index is 13.8. The van der Waals surface area contributed by atoms with Crippen LogP contribution in [0.25, 0.3) is 0 Å². The van der Waals surface area contributed by atoms with Crippen LogP contribution in [-0.2, 0) is 11.3 Å². The average molecular weight is 368 g/mol. The molecule has 0 fully saturated rings. The number of benzene rings is 2. The van der Waals surface area contributed by atoms with Gasteiger partial charge in [0.2, 0.25) is 11.8 Å². The first kappa shape index (κ1) is 18.5. The molecule has 0 radical (unpaired) electrons. The van der Waals surface area contributed by atoms with Gasteiger partial charge in [-0.25, -0.2) is 13.8 Å². The largest absolute Gasteiger partial charge is 0.436 e.